The number of hydrogen-bond acceptors (Lipinski definition) is 3. The molecule has 1 saturated heterocycles. The van der Waals surface area contributed by atoms with Crippen LogP contribution in [0.4, 0.5) is 0 Å². The highest BCUT2D eigenvalue weighted by atomic mass is 16.5. The van der Waals surface area contributed by atoms with Crippen LogP contribution in [0.5, 0.6) is 5.75 Å². The fourth-order valence-corrected chi connectivity index (χ4v) is 2.41. The number of nitrogens with zero attached hydrogens (tertiary/aromatic N) is 1. The fourth-order valence-electron chi connectivity index (χ4n) is 2.41. The summed E-state index contributed by atoms with van der Waals surface area (Å²) in [6, 6.07) is 7.06. The van der Waals surface area contributed by atoms with Gasteiger partial charge in [-0.2, -0.15) is 0 Å². The molecule has 1 atom stereocenters. The molecule has 0 radical (unpaired) electrons. The van der Waals surface area contributed by atoms with E-state index in [9.17, 15) is 9.59 Å². The molecule has 1 aromatic rings. The van der Waals surface area contributed by atoms with Crippen molar-refractivity contribution in [1.82, 2.24) is 10.2 Å². The molecule has 5 heteroatoms. The van der Waals surface area contributed by atoms with E-state index >= 15 is 0 Å². The molecule has 1 aromatic carbocycles. The van der Waals surface area contributed by atoms with Crippen molar-refractivity contribution in [2.75, 3.05) is 13.7 Å². The second-order valence-electron chi connectivity index (χ2n) is 6.41. The van der Waals surface area contributed by atoms with Gasteiger partial charge in [0.15, 0.2) is 0 Å². The first-order valence-corrected chi connectivity index (χ1v) is 7.02. The standard InChI is InChI=1S/C16H22N2O3/c1-16(2,3)14-15(20)18(10-13(19)17-14)9-11-6-5-7-12(8-11)21-4/h5-8,14H,9-10H2,1-4H3,(H,17,19). The molecule has 1 fully saturated rings. The van der Waals surface area contributed by atoms with Gasteiger partial charge < -0.3 is 15.0 Å². The molecule has 1 unspecified atom stereocenters. The van der Waals surface area contributed by atoms with Gasteiger partial charge in [0.25, 0.3) is 0 Å². The summed E-state index contributed by atoms with van der Waals surface area (Å²) in [7, 11) is 1.61. The van der Waals surface area contributed by atoms with Crippen LogP contribution in [0, 0.1) is 5.41 Å². The smallest absolute Gasteiger partial charge is 0.246 e. The summed E-state index contributed by atoms with van der Waals surface area (Å²) < 4.78 is 5.18. The molecule has 0 spiro atoms. The highest BCUT2D eigenvalue weighted by Crippen LogP contribution is 2.24. The molecule has 1 aliphatic heterocycles. The monoisotopic (exact) mass is 290 g/mol. The van der Waals surface area contributed by atoms with Crippen molar-refractivity contribution in [2.24, 2.45) is 5.41 Å². The number of amides is 2. The van der Waals surface area contributed by atoms with Crippen LogP contribution in [0.2, 0.25) is 0 Å². The van der Waals surface area contributed by atoms with E-state index in [4.69, 9.17) is 4.74 Å². The van der Waals surface area contributed by atoms with E-state index in [0.29, 0.717) is 6.54 Å². The normalized spacial score (nSPS) is 19.4. The summed E-state index contributed by atoms with van der Waals surface area (Å²) in [5.74, 6) is 0.594. The third kappa shape index (κ3) is 3.54. The number of benzene rings is 1. The number of rotatable bonds is 3. The van der Waals surface area contributed by atoms with E-state index in [2.05, 4.69) is 5.32 Å². The SMILES string of the molecule is COc1cccc(CN2CC(=O)NC(C(C)(C)C)C2=O)c1. The summed E-state index contributed by atoms with van der Waals surface area (Å²) in [6.07, 6.45) is 0. The lowest BCUT2D eigenvalue weighted by molar-refractivity contribution is -0.147. The van der Waals surface area contributed by atoms with Gasteiger partial charge in [-0.15, -0.1) is 0 Å². The summed E-state index contributed by atoms with van der Waals surface area (Å²) >= 11 is 0. The Kier molecular flexibility index (Phi) is 4.21. The second-order valence-corrected chi connectivity index (χ2v) is 6.41. The predicted molar refractivity (Wildman–Crippen MR) is 79.8 cm³/mol. The van der Waals surface area contributed by atoms with E-state index < -0.39 is 6.04 Å². The van der Waals surface area contributed by atoms with Crippen LogP contribution in [0.1, 0.15) is 26.3 Å². The highest BCUT2D eigenvalue weighted by molar-refractivity contribution is 5.95. The molecule has 0 aliphatic carbocycles. The number of carbonyl (C=O) groups excluding carboxylic acids is 2. The minimum absolute atomic E-state index is 0.0371. The summed E-state index contributed by atoms with van der Waals surface area (Å²) in [4.78, 5) is 26.0. The van der Waals surface area contributed by atoms with Crippen LogP contribution >= 0.6 is 0 Å². The molecular formula is C16H22N2O3. The predicted octanol–water partition coefficient (Wildman–Crippen LogP) is 1.57. The number of nitrogens with one attached hydrogen (secondary N) is 1. The Hall–Kier alpha value is -2.04. The molecule has 2 rings (SSSR count). The molecule has 0 bridgehead atoms. The van der Waals surface area contributed by atoms with Crippen molar-refractivity contribution >= 4 is 11.8 Å². The van der Waals surface area contributed by atoms with Crippen molar-refractivity contribution in [3.63, 3.8) is 0 Å². The Labute approximate surface area is 125 Å². The van der Waals surface area contributed by atoms with E-state index in [1.807, 2.05) is 45.0 Å². The average Bonchev–Trinajstić information content (AvgIpc) is 2.41. The summed E-state index contributed by atoms with van der Waals surface area (Å²) in [5.41, 5.74) is 0.643. The summed E-state index contributed by atoms with van der Waals surface area (Å²) in [5, 5.41) is 2.79. The first kappa shape index (κ1) is 15.4. The summed E-state index contributed by atoms with van der Waals surface area (Å²) in [6.45, 7) is 6.36. The van der Waals surface area contributed by atoms with Gasteiger partial charge in [0.1, 0.15) is 11.8 Å². The maximum absolute atomic E-state index is 12.6. The zero-order valence-corrected chi connectivity index (χ0v) is 13.0. The van der Waals surface area contributed by atoms with E-state index in [-0.39, 0.29) is 23.8 Å². The lowest BCUT2D eigenvalue weighted by atomic mass is 9.84. The lowest BCUT2D eigenvalue weighted by Gasteiger charge is -2.38. The maximum Gasteiger partial charge on any atom is 0.246 e. The largest absolute Gasteiger partial charge is 0.497 e. The van der Waals surface area contributed by atoms with Crippen molar-refractivity contribution in [2.45, 2.75) is 33.4 Å². The Morgan fingerprint density at radius 2 is 2.05 bits per heavy atom. The molecule has 114 valence electrons. The zero-order chi connectivity index (χ0) is 15.6. The third-order valence-corrected chi connectivity index (χ3v) is 3.57. The number of hydrogen-bond donors (Lipinski definition) is 1. The lowest BCUT2D eigenvalue weighted by Crippen LogP contribution is -2.61. The topological polar surface area (TPSA) is 58.6 Å². The van der Waals surface area contributed by atoms with Gasteiger partial charge in [-0.05, 0) is 23.1 Å². The van der Waals surface area contributed by atoms with Gasteiger partial charge in [0, 0.05) is 6.54 Å². The molecule has 2 amide bonds. The minimum Gasteiger partial charge on any atom is -0.497 e. The fraction of sp³-hybridized carbons (Fsp3) is 0.500. The van der Waals surface area contributed by atoms with Crippen molar-refractivity contribution in [3.8, 4) is 5.75 Å². The number of methoxy groups -OCH3 is 1. The van der Waals surface area contributed by atoms with Crippen LogP contribution in [-0.2, 0) is 16.1 Å². The molecule has 1 aliphatic rings. The molecule has 5 nitrogen and oxygen atoms in total. The number of ether oxygens (including phenoxy) is 1. The Morgan fingerprint density at radius 3 is 2.67 bits per heavy atom. The molecule has 1 N–H and O–H groups in total. The maximum atomic E-state index is 12.6. The van der Waals surface area contributed by atoms with Crippen LogP contribution in [0.15, 0.2) is 24.3 Å². The highest BCUT2D eigenvalue weighted by Gasteiger charge is 2.39. The number of carbonyl (C=O) groups is 2. The van der Waals surface area contributed by atoms with Crippen LogP contribution in [-0.4, -0.2) is 36.4 Å². The Morgan fingerprint density at radius 1 is 1.33 bits per heavy atom. The van der Waals surface area contributed by atoms with Crippen LogP contribution < -0.4 is 10.1 Å². The van der Waals surface area contributed by atoms with Gasteiger partial charge >= 0.3 is 0 Å². The van der Waals surface area contributed by atoms with Gasteiger partial charge in [-0.3, -0.25) is 9.59 Å². The van der Waals surface area contributed by atoms with Gasteiger partial charge in [-0.1, -0.05) is 32.9 Å². The van der Waals surface area contributed by atoms with E-state index in [0.717, 1.165) is 11.3 Å². The molecule has 0 saturated carbocycles. The first-order chi connectivity index (χ1) is 9.81. The minimum atomic E-state index is -0.482. The average molecular weight is 290 g/mol. The van der Waals surface area contributed by atoms with Gasteiger partial charge in [0.05, 0.1) is 13.7 Å². The van der Waals surface area contributed by atoms with Crippen molar-refractivity contribution < 1.29 is 14.3 Å². The second kappa shape index (κ2) is 5.76. The number of piperazine rings is 1. The third-order valence-electron chi connectivity index (χ3n) is 3.57. The molecular weight excluding hydrogens is 268 g/mol. The van der Waals surface area contributed by atoms with Gasteiger partial charge in [0.2, 0.25) is 11.8 Å². The molecule has 0 aromatic heterocycles. The van der Waals surface area contributed by atoms with Gasteiger partial charge in [-0.25, -0.2) is 0 Å². The zero-order valence-electron chi connectivity index (χ0n) is 13.0. The van der Waals surface area contributed by atoms with Crippen LogP contribution in [0.3, 0.4) is 0 Å². The quantitative estimate of drug-likeness (QED) is 0.919. The Bertz CT molecular complexity index is 549. The Balaban J connectivity index is 2.18. The first-order valence-electron chi connectivity index (χ1n) is 7.02. The van der Waals surface area contributed by atoms with Crippen molar-refractivity contribution in [1.29, 1.82) is 0 Å². The van der Waals surface area contributed by atoms with E-state index in [1.54, 1.807) is 12.0 Å². The van der Waals surface area contributed by atoms with E-state index in [1.165, 1.54) is 0 Å². The molecule has 21 heavy (non-hydrogen) atoms. The van der Waals surface area contributed by atoms with Crippen LogP contribution in [0.25, 0.3) is 0 Å². The van der Waals surface area contributed by atoms with Crippen molar-refractivity contribution in [3.05, 3.63) is 29.8 Å². The molecule has 1 heterocycles.